The normalized spacial score (nSPS) is 22.0. The van der Waals surface area contributed by atoms with E-state index in [4.69, 9.17) is 5.73 Å². The van der Waals surface area contributed by atoms with Gasteiger partial charge >= 0.3 is 0 Å². The molecule has 2 atom stereocenters. The van der Waals surface area contributed by atoms with Crippen molar-refractivity contribution in [2.45, 2.75) is 38.3 Å². The lowest BCUT2D eigenvalue weighted by Crippen LogP contribution is -2.31. The molecule has 20 heavy (non-hydrogen) atoms. The molecule has 0 bridgehead atoms. The molecule has 112 valence electrons. The first kappa shape index (κ1) is 14.8. The predicted octanol–water partition coefficient (Wildman–Crippen LogP) is 0.620. The predicted molar refractivity (Wildman–Crippen MR) is 79.3 cm³/mol. The quantitative estimate of drug-likeness (QED) is 0.828. The molecule has 1 aromatic rings. The average molecular weight is 279 g/mol. The fraction of sp³-hybridized carbons (Fsp3) is 0.714. The lowest BCUT2D eigenvalue weighted by atomic mass is 10.00. The second-order valence-electron chi connectivity index (χ2n) is 5.84. The molecule has 1 aliphatic carbocycles. The van der Waals surface area contributed by atoms with Gasteiger partial charge in [0.05, 0.1) is 18.4 Å². The fourth-order valence-electron chi connectivity index (χ4n) is 2.83. The first-order valence-electron chi connectivity index (χ1n) is 7.19. The van der Waals surface area contributed by atoms with Crippen LogP contribution in [-0.4, -0.2) is 35.6 Å². The number of hydrogen-bond donors (Lipinski definition) is 2. The van der Waals surface area contributed by atoms with Crippen LogP contribution in [0.4, 0.5) is 5.95 Å². The van der Waals surface area contributed by atoms with Crippen LogP contribution in [0.3, 0.4) is 0 Å². The molecule has 1 heterocycles. The maximum atomic E-state index is 12.0. The van der Waals surface area contributed by atoms with Crippen LogP contribution in [0, 0.1) is 5.92 Å². The van der Waals surface area contributed by atoms with E-state index in [-0.39, 0.29) is 11.9 Å². The van der Waals surface area contributed by atoms with Crippen LogP contribution in [-0.2, 0) is 18.4 Å². The summed E-state index contributed by atoms with van der Waals surface area (Å²) < 4.78 is 1.99. The van der Waals surface area contributed by atoms with Crippen molar-refractivity contribution in [3.8, 4) is 0 Å². The molecule has 0 radical (unpaired) electrons. The minimum atomic E-state index is 0.0833. The van der Waals surface area contributed by atoms with E-state index in [1.54, 1.807) is 6.20 Å². The minimum absolute atomic E-state index is 0.0833. The van der Waals surface area contributed by atoms with E-state index in [0.29, 0.717) is 18.9 Å². The number of imidazole rings is 1. The molecule has 1 aliphatic rings. The Morgan fingerprint density at radius 3 is 2.85 bits per heavy atom. The van der Waals surface area contributed by atoms with Crippen LogP contribution in [0.1, 0.15) is 31.4 Å². The summed E-state index contributed by atoms with van der Waals surface area (Å²) in [4.78, 5) is 18.2. The first-order chi connectivity index (χ1) is 9.49. The molecular formula is C14H25N5O. The second kappa shape index (κ2) is 6.26. The van der Waals surface area contributed by atoms with E-state index in [2.05, 4.69) is 10.3 Å². The smallest absolute Gasteiger partial charge is 0.220 e. The maximum absolute atomic E-state index is 12.0. The van der Waals surface area contributed by atoms with Crippen LogP contribution in [0.2, 0.25) is 0 Å². The van der Waals surface area contributed by atoms with Crippen molar-refractivity contribution in [1.82, 2.24) is 14.9 Å². The number of rotatable bonds is 5. The molecule has 0 aromatic carbocycles. The van der Waals surface area contributed by atoms with Crippen molar-refractivity contribution in [3.63, 3.8) is 0 Å². The van der Waals surface area contributed by atoms with Crippen LogP contribution in [0.5, 0.6) is 0 Å². The van der Waals surface area contributed by atoms with Gasteiger partial charge in [0.15, 0.2) is 0 Å². The number of hydrogen-bond acceptors (Lipinski definition) is 4. The molecule has 2 rings (SSSR count). The van der Waals surface area contributed by atoms with Crippen LogP contribution < -0.4 is 16.0 Å². The van der Waals surface area contributed by atoms with Gasteiger partial charge in [0.25, 0.3) is 0 Å². The molecule has 3 N–H and O–H groups in total. The van der Waals surface area contributed by atoms with Gasteiger partial charge in [-0.1, -0.05) is 6.42 Å². The SMILES string of the molecule is CN(C)c1ncc(CNC(=O)C[C@@H]2CCC[C@H]2N)n1C. The fourth-order valence-corrected chi connectivity index (χ4v) is 2.83. The number of amides is 1. The van der Waals surface area contributed by atoms with Gasteiger partial charge in [0.1, 0.15) is 0 Å². The number of nitrogens with one attached hydrogen (secondary N) is 1. The highest BCUT2D eigenvalue weighted by Crippen LogP contribution is 2.26. The van der Waals surface area contributed by atoms with Gasteiger partial charge in [-0.2, -0.15) is 0 Å². The van der Waals surface area contributed by atoms with Crippen molar-refractivity contribution in [3.05, 3.63) is 11.9 Å². The average Bonchev–Trinajstić information content (AvgIpc) is 2.94. The highest BCUT2D eigenvalue weighted by molar-refractivity contribution is 5.76. The van der Waals surface area contributed by atoms with Gasteiger partial charge in [-0.25, -0.2) is 4.98 Å². The van der Waals surface area contributed by atoms with Crippen molar-refractivity contribution >= 4 is 11.9 Å². The molecule has 1 aromatic heterocycles. The third-order valence-electron chi connectivity index (χ3n) is 4.09. The van der Waals surface area contributed by atoms with Crippen LogP contribution in [0.15, 0.2) is 6.20 Å². The van der Waals surface area contributed by atoms with Crippen molar-refractivity contribution in [2.75, 3.05) is 19.0 Å². The second-order valence-corrected chi connectivity index (χ2v) is 5.84. The third-order valence-corrected chi connectivity index (χ3v) is 4.09. The van der Waals surface area contributed by atoms with E-state index in [9.17, 15) is 4.79 Å². The first-order valence-corrected chi connectivity index (χ1v) is 7.19. The van der Waals surface area contributed by atoms with E-state index in [0.717, 1.165) is 30.9 Å². The molecule has 1 amide bonds. The lowest BCUT2D eigenvalue weighted by Gasteiger charge is -2.15. The van der Waals surface area contributed by atoms with E-state index in [1.807, 2.05) is 30.6 Å². The van der Waals surface area contributed by atoms with Crippen LogP contribution in [0.25, 0.3) is 0 Å². The Morgan fingerprint density at radius 2 is 2.30 bits per heavy atom. The van der Waals surface area contributed by atoms with E-state index in [1.165, 1.54) is 0 Å². The van der Waals surface area contributed by atoms with Gasteiger partial charge in [0.2, 0.25) is 11.9 Å². The molecule has 0 aliphatic heterocycles. The lowest BCUT2D eigenvalue weighted by molar-refractivity contribution is -0.122. The summed E-state index contributed by atoms with van der Waals surface area (Å²) in [5.41, 5.74) is 6.99. The molecule has 0 unspecified atom stereocenters. The number of carbonyl (C=O) groups is 1. The Morgan fingerprint density at radius 1 is 1.55 bits per heavy atom. The number of carbonyl (C=O) groups excluding carboxylic acids is 1. The highest BCUT2D eigenvalue weighted by atomic mass is 16.1. The molecule has 6 nitrogen and oxygen atoms in total. The summed E-state index contributed by atoms with van der Waals surface area (Å²) in [6.07, 6.45) is 5.61. The third kappa shape index (κ3) is 3.30. The standard InChI is InChI=1S/C14H25N5O/c1-18(2)14-17-9-11(19(14)3)8-16-13(20)7-10-5-4-6-12(10)15/h9-10,12H,4-8,15H2,1-3H3,(H,16,20)/t10-,12+/m0/s1. The highest BCUT2D eigenvalue weighted by Gasteiger charge is 2.25. The zero-order valence-electron chi connectivity index (χ0n) is 12.6. The van der Waals surface area contributed by atoms with Crippen LogP contribution >= 0.6 is 0 Å². The molecule has 6 heteroatoms. The van der Waals surface area contributed by atoms with Gasteiger partial charge in [-0.15, -0.1) is 0 Å². The molecule has 1 saturated carbocycles. The molecule has 0 spiro atoms. The van der Waals surface area contributed by atoms with Crippen molar-refractivity contribution < 1.29 is 4.79 Å². The van der Waals surface area contributed by atoms with E-state index < -0.39 is 0 Å². The largest absolute Gasteiger partial charge is 0.350 e. The summed E-state index contributed by atoms with van der Waals surface area (Å²) in [6, 6.07) is 0.192. The Bertz CT molecular complexity index is 468. The zero-order valence-corrected chi connectivity index (χ0v) is 12.6. The Hall–Kier alpha value is -1.56. The summed E-state index contributed by atoms with van der Waals surface area (Å²) in [7, 11) is 5.86. The summed E-state index contributed by atoms with van der Waals surface area (Å²) in [6.45, 7) is 0.512. The molecular weight excluding hydrogens is 254 g/mol. The summed E-state index contributed by atoms with van der Waals surface area (Å²) >= 11 is 0. The van der Waals surface area contributed by atoms with Gasteiger partial charge in [-0.3, -0.25) is 4.79 Å². The Kier molecular flexibility index (Phi) is 4.65. The van der Waals surface area contributed by atoms with E-state index >= 15 is 0 Å². The minimum Gasteiger partial charge on any atom is -0.350 e. The number of aromatic nitrogens is 2. The topological polar surface area (TPSA) is 76.2 Å². The Labute approximate surface area is 120 Å². The number of nitrogens with two attached hydrogens (primary N) is 1. The summed E-state index contributed by atoms with van der Waals surface area (Å²) in [5.74, 6) is 1.31. The Balaban J connectivity index is 1.84. The van der Waals surface area contributed by atoms with Gasteiger partial charge < -0.3 is 20.5 Å². The molecule has 0 saturated heterocycles. The van der Waals surface area contributed by atoms with Crippen molar-refractivity contribution in [2.24, 2.45) is 18.7 Å². The van der Waals surface area contributed by atoms with Crippen molar-refractivity contribution in [1.29, 1.82) is 0 Å². The number of anilines is 1. The monoisotopic (exact) mass is 279 g/mol. The van der Waals surface area contributed by atoms with Gasteiger partial charge in [0, 0.05) is 33.6 Å². The zero-order chi connectivity index (χ0) is 14.7. The molecule has 1 fully saturated rings. The summed E-state index contributed by atoms with van der Waals surface area (Å²) in [5, 5.41) is 2.97. The number of nitrogens with zero attached hydrogens (tertiary/aromatic N) is 3. The van der Waals surface area contributed by atoms with Gasteiger partial charge in [-0.05, 0) is 18.8 Å². The maximum Gasteiger partial charge on any atom is 0.220 e.